The van der Waals surface area contributed by atoms with E-state index in [1.807, 2.05) is 0 Å². The van der Waals surface area contributed by atoms with Crippen molar-refractivity contribution in [3.05, 3.63) is 23.8 Å². The fourth-order valence-electron chi connectivity index (χ4n) is 0.653. The monoisotopic (exact) mass is 176 g/mol. The SMILES string of the molecule is O=Cc1nccnc1C(F)(F)F. The maximum Gasteiger partial charge on any atom is 0.435 e. The lowest BCUT2D eigenvalue weighted by Gasteiger charge is -2.05. The molecule has 0 N–H and O–H groups in total. The summed E-state index contributed by atoms with van der Waals surface area (Å²) in [6, 6.07) is 0. The second kappa shape index (κ2) is 2.88. The first-order valence-corrected chi connectivity index (χ1v) is 2.89. The zero-order valence-electron chi connectivity index (χ0n) is 5.67. The van der Waals surface area contributed by atoms with Crippen molar-refractivity contribution in [1.82, 2.24) is 9.97 Å². The lowest BCUT2D eigenvalue weighted by molar-refractivity contribution is -0.141. The molecule has 3 nitrogen and oxygen atoms in total. The lowest BCUT2D eigenvalue weighted by atomic mass is 10.3. The van der Waals surface area contributed by atoms with Gasteiger partial charge in [0.05, 0.1) is 0 Å². The molecule has 0 atom stereocenters. The van der Waals surface area contributed by atoms with Crippen molar-refractivity contribution in [3.8, 4) is 0 Å². The zero-order chi connectivity index (χ0) is 9.19. The Hall–Kier alpha value is -1.46. The van der Waals surface area contributed by atoms with Gasteiger partial charge < -0.3 is 0 Å². The fourth-order valence-corrected chi connectivity index (χ4v) is 0.653. The third kappa shape index (κ3) is 1.58. The topological polar surface area (TPSA) is 42.9 Å². The summed E-state index contributed by atoms with van der Waals surface area (Å²) in [5, 5.41) is 0. The predicted molar refractivity (Wildman–Crippen MR) is 32.4 cm³/mol. The molecular weight excluding hydrogens is 173 g/mol. The van der Waals surface area contributed by atoms with Crippen molar-refractivity contribution in [1.29, 1.82) is 0 Å². The summed E-state index contributed by atoms with van der Waals surface area (Å²) in [7, 11) is 0. The second-order valence-corrected chi connectivity index (χ2v) is 1.91. The largest absolute Gasteiger partial charge is 0.435 e. The summed E-state index contributed by atoms with van der Waals surface area (Å²) in [4.78, 5) is 16.3. The van der Waals surface area contributed by atoms with Crippen molar-refractivity contribution in [3.63, 3.8) is 0 Å². The molecule has 0 aliphatic heterocycles. The van der Waals surface area contributed by atoms with E-state index in [1.165, 1.54) is 0 Å². The Kier molecular flexibility index (Phi) is 2.07. The molecule has 0 aliphatic carbocycles. The van der Waals surface area contributed by atoms with Gasteiger partial charge in [-0.25, -0.2) is 9.97 Å². The zero-order valence-corrected chi connectivity index (χ0v) is 5.67. The number of hydrogen-bond acceptors (Lipinski definition) is 3. The molecule has 0 saturated heterocycles. The molecule has 0 aliphatic rings. The molecule has 0 spiro atoms. The molecule has 1 rings (SSSR count). The highest BCUT2D eigenvalue weighted by Gasteiger charge is 2.35. The van der Waals surface area contributed by atoms with Crippen molar-refractivity contribution in [2.24, 2.45) is 0 Å². The van der Waals surface area contributed by atoms with E-state index in [0.29, 0.717) is 0 Å². The number of aldehydes is 1. The Morgan fingerprint density at radius 1 is 1.25 bits per heavy atom. The highest BCUT2D eigenvalue weighted by atomic mass is 19.4. The summed E-state index contributed by atoms with van der Waals surface area (Å²) in [5.41, 5.74) is -1.94. The van der Waals surface area contributed by atoms with E-state index in [9.17, 15) is 18.0 Å². The number of aromatic nitrogens is 2. The summed E-state index contributed by atoms with van der Waals surface area (Å²) < 4.78 is 35.9. The molecule has 1 heterocycles. The van der Waals surface area contributed by atoms with Gasteiger partial charge in [0.15, 0.2) is 12.0 Å². The van der Waals surface area contributed by atoms with E-state index in [1.54, 1.807) is 0 Å². The first-order valence-electron chi connectivity index (χ1n) is 2.89. The molecule has 1 aromatic heterocycles. The third-order valence-corrected chi connectivity index (χ3v) is 1.11. The highest BCUT2D eigenvalue weighted by Crippen LogP contribution is 2.28. The standard InChI is InChI=1S/C6H3F3N2O/c7-6(8,9)5-4(3-12)10-1-2-11-5/h1-3H. The van der Waals surface area contributed by atoms with Gasteiger partial charge in [-0.1, -0.05) is 0 Å². The quantitative estimate of drug-likeness (QED) is 0.606. The van der Waals surface area contributed by atoms with Gasteiger partial charge in [0.1, 0.15) is 5.69 Å². The van der Waals surface area contributed by atoms with Gasteiger partial charge >= 0.3 is 6.18 Å². The van der Waals surface area contributed by atoms with Gasteiger partial charge in [-0.2, -0.15) is 13.2 Å². The Morgan fingerprint density at radius 2 is 1.83 bits per heavy atom. The molecule has 0 aromatic carbocycles. The minimum absolute atomic E-state index is 0.0236. The van der Waals surface area contributed by atoms with Crippen LogP contribution in [0.1, 0.15) is 16.2 Å². The number of hydrogen-bond donors (Lipinski definition) is 0. The van der Waals surface area contributed by atoms with E-state index >= 15 is 0 Å². The lowest BCUT2D eigenvalue weighted by Crippen LogP contribution is -2.12. The predicted octanol–water partition coefficient (Wildman–Crippen LogP) is 1.31. The first kappa shape index (κ1) is 8.63. The minimum atomic E-state index is -4.62. The van der Waals surface area contributed by atoms with Gasteiger partial charge in [0.25, 0.3) is 0 Å². The van der Waals surface area contributed by atoms with E-state index < -0.39 is 17.6 Å². The smallest absolute Gasteiger partial charge is 0.296 e. The molecule has 0 amide bonds. The molecular formula is C6H3F3N2O. The maximum atomic E-state index is 12.0. The van der Waals surface area contributed by atoms with Crippen molar-refractivity contribution in [2.75, 3.05) is 0 Å². The molecule has 0 bridgehead atoms. The number of nitrogens with zero attached hydrogens (tertiary/aromatic N) is 2. The molecule has 0 saturated carbocycles. The van der Waals surface area contributed by atoms with E-state index in [2.05, 4.69) is 9.97 Å². The number of carbonyl (C=O) groups excluding carboxylic acids is 1. The summed E-state index contributed by atoms with van der Waals surface area (Å²) in [6.45, 7) is 0. The van der Waals surface area contributed by atoms with Crippen LogP contribution in [0.15, 0.2) is 12.4 Å². The molecule has 1 aromatic rings. The van der Waals surface area contributed by atoms with Crippen LogP contribution in [0.3, 0.4) is 0 Å². The van der Waals surface area contributed by atoms with Crippen LogP contribution in [0.2, 0.25) is 0 Å². The third-order valence-electron chi connectivity index (χ3n) is 1.11. The molecule has 0 unspecified atom stereocenters. The maximum absolute atomic E-state index is 12.0. The number of rotatable bonds is 1. The summed E-state index contributed by atoms with van der Waals surface area (Å²) in [5.74, 6) is 0. The van der Waals surface area contributed by atoms with Crippen molar-refractivity contribution >= 4 is 6.29 Å². The summed E-state index contributed by atoms with van der Waals surface area (Å²) in [6.07, 6.45) is -2.69. The van der Waals surface area contributed by atoms with Gasteiger partial charge in [0.2, 0.25) is 0 Å². The van der Waals surface area contributed by atoms with Gasteiger partial charge in [-0.05, 0) is 0 Å². The summed E-state index contributed by atoms with van der Waals surface area (Å²) >= 11 is 0. The highest BCUT2D eigenvalue weighted by molar-refractivity contribution is 5.73. The average molecular weight is 176 g/mol. The van der Waals surface area contributed by atoms with Crippen LogP contribution in [0.25, 0.3) is 0 Å². The normalized spacial score (nSPS) is 11.2. The van der Waals surface area contributed by atoms with E-state index in [4.69, 9.17) is 0 Å². The first-order chi connectivity index (χ1) is 5.55. The van der Waals surface area contributed by atoms with Crippen LogP contribution in [0.5, 0.6) is 0 Å². The van der Waals surface area contributed by atoms with Crippen molar-refractivity contribution < 1.29 is 18.0 Å². The molecule has 0 radical (unpaired) electrons. The number of carbonyl (C=O) groups is 1. The molecule has 0 fully saturated rings. The van der Waals surface area contributed by atoms with Gasteiger partial charge in [0, 0.05) is 12.4 Å². The molecule has 64 valence electrons. The van der Waals surface area contributed by atoms with Crippen LogP contribution < -0.4 is 0 Å². The van der Waals surface area contributed by atoms with Crippen molar-refractivity contribution in [2.45, 2.75) is 6.18 Å². The van der Waals surface area contributed by atoms with Crippen LogP contribution in [0, 0.1) is 0 Å². The van der Waals surface area contributed by atoms with Crippen LogP contribution in [0.4, 0.5) is 13.2 Å². The van der Waals surface area contributed by atoms with Gasteiger partial charge in [-0.3, -0.25) is 4.79 Å². The van der Waals surface area contributed by atoms with Gasteiger partial charge in [-0.15, -0.1) is 0 Å². The Morgan fingerprint density at radius 3 is 2.25 bits per heavy atom. The average Bonchev–Trinajstić information content (AvgIpc) is 2.03. The Balaban J connectivity index is 3.23. The Labute approximate surface area is 65.3 Å². The number of halogens is 3. The molecule has 6 heteroatoms. The minimum Gasteiger partial charge on any atom is -0.296 e. The molecule has 12 heavy (non-hydrogen) atoms. The fraction of sp³-hybridized carbons (Fsp3) is 0.167. The van der Waals surface area contributed by atoms with Crippen LogP contribution in [-0.2, 0) is 6.18 Å². The number of alkyl halides is 3. The Bertz CT molecular complexity index is 297. The van der Waals surface area contributed by atoms with Crippen LogP contribution >= 0.6 is 0 Å². The second-order valence-electron chi connectivity index (χ2n) is 1.91. The van der Waals surface area contributed by atoms with E-state index in [0.717, 1.165) is 12.4 Å². The van der Waals surface area contributed by atoms with Crippen LogP contribution in [-0.4, -0.2) is 16.3 Å². The van der Waals surface area contributed by atoms with E-state index in [-0.39, 0.29) is 6.29 Å².